The second-order valence-corrected chi connectivity index (χ2v) is 7.58. The van der Waals surface area contributed by atoms with Crippen molar-refractivity contribution in [2.24, 2.45) is 0 Å². The molecule has 3 aromatic rings. The molecule has 0 unspecified atom stereocenters. The molecule has 3 aromatic heterocycles. The highest BCUT2D eigenvalue weighted by Crippen LogP contribution is 2.20. The number of H-pyrrole nitrogens is 1. The number of pyridine rings is 1. The number of aromatic amines is 1. The van der Waals surface area contributed by atoms with E-state index in [9.17, 15) is 26.4 Å². The van der Waals surface area contributed by atoms with E-state index in [1.54, 1.807) is 23.5 Å². The molecule has 0 aliphatic rings. The first-order chi connectivity index (χ1) is 11.6. The number of halogens is 3. The molecule has 0 saturated heterocycles. The molecule has 11 heteroatoms. The van der Waals surface area contributed by atoms with Crippen molar-refractivity contribution >= 4 is 26.8 Å². The van der Waals surface area contributed by atoms with Gasteiger partial charge in [-0.15, -0.1) is 0 Å². The first kappa shape index (κ1) is 17.7. The van der Waals surface area contributed by atoms with Crippen LogP contribution in [-0.2, 0) is 16.4 Å². The minimum Gasteiger partial charge on any atom is -0.306 e. The van der Waals surface area contributed by atoms with Gasteiger partial charge >= 0.3 is 6.18 Å². The standard InChI is InChI=1S/C14H15F3N4O3S/c1-8-11-13(22)20-10-5-4-9(12(19-8)21(10)11)3-2-6-18-25(23,24)7-14(15,16)17/h4-5,18H,2-3,6-7H2,1H3,(H,20,22). The van der Waals surface area contributed by atoms with Crippen LogP contribution in [0.25, 0.3) is 16.8 Å². The molecule has 3 heterocycles. The van der Waals surface area contributed by atoms with E-state index in [1.165, 1.54) is 0 Å². The summed E-state index contributed by atoms with van der Waals surface area (Å²) < 4.78 is 62.7. The first-order valence-electron chi connectivity index (χ1n) is 7.44. The summed E-state index contributed by atoms with van der Waals surface area (Å²) >= 11 is 0. The van der Waals surface area contributed by atoms with Crippen molar-refractivity contribution in [2.45, 2.75) is 25.9 Å². The van der Waals surface area contributed by atoms with Gasteiger partial charge in [0, 0.05) is 6.54 Å². The minimum absolute atomic E-state index is 0.115. The Hall–Kier alpha value is -2.14. The van der Waals surface area contributed by atoms with E-state index in [4.69, 9.17) is 0 Å². The third kappa shape index (κ3) is 3.61. The molecular weight excluding hydrogens is 361 g/mol. The molecule has 3 rings (SSSR count). The Kier molecular flexibility index (Phi) is 4.23. The van der Waals surface area contributed by atoms with E-state index < -0.39 is 22.0 Å². The van der Waals surface area contributed by atoms with E-state index in [2.05, 4.69) is 9.97 Å². The summed E-state index contributed by atoms with van der Waals surface area (Å²) in [5, 5.41) is 0. The van der Waals surface area contributed by atoms with Gasteiger partial charge in [-0.25, -0.2) is 18.1 Å². The summed E-state index contributed by atoms with van der Waals surface area (Å²) in [5.74, 6) is -1.89. The van der Waals surface area contributed by atoms with Crippen molar-refractivity contribution < 1.29 is 21.6 Å². The van der Waals surface area contributed by atoms with Crippen molar-refractivity contribution in [1.29, 1.82) is 0 Å². The number of nitrogens with zero attached hydrogens (tertiary/aromatic N) is 2. The fourth-order valence-corrected chi connectivity index (χ4v) is 3.80. The normalized spacial score (nSPS) is 13.3. The molecule has 2 N–H and O–H groups in total. The van der Waals surface area contributed by atoms with Gasteiger partial charge < -0.3 is 4.98 Å². The van der Waals surface area contributed by atoms with Crippen LogP contribution in [0.3, 0.4) is 0 Å². The van der Waals surface area contributed by atoms with Crippen LogP contribution >= 0.6 is 0 Å². The molecule has 7 nitrogen and oxygen atoms in total. The van der Waals surface area contributed by atoms with Crippen molar-refractivity contribution in [3.8, 4) is 0 Å². The Morgan fingerprint density at radius 1 is 1.32 bits per heavy atom. The quantitative estimate of drug-likeness (QED) is 0.635. The molecule has 0 radical (unpaired) electrons. The van der Waals surface area contributed by atoms with Gasteiger partial charge in [0.15, 0.2) is 5.75 Å². The van der Waals surface area contributed by atoms with E-state index in [-0.39, 0.29) is 12.1 Å². The highest BCUT2D eigenvalue weighted by molar-refractivity contribution is 7.89. The Bertz CT molecular complexity index is 1070. The Morgan fingerprint density at radius 2 is 2.04 bits per heavy atom. The van der Waals surface area contributed by atoms with Gasteiger partial charge in [0.05, 0.1) is 5.69 Å². The lowest BCUT2D eigenvalue weighted by Gasteiger charge is -2.09. The number of sulfonamides is 1. The lowest BCUT2D eigenvalue weighted by atomic mass is 10.1. The van der Waals surface area contributed by atoms with Crippen molar-refractivity contribution in [3.63, 3.8) is 0 Å². The Morgan fingerprint density at radius 3 is 2.72 bits per heavy atom. The van der Waals surface area contributed by atoms with Gasteiger partial charge in [-0.05, 0) is 31.4 Å². The summed E-state index contributed by atoms with van der Waals surface area (Å²) in [5.41, 5.74) is 2.76. The number of nitrogens with one attached hydrogen (secondary N) is 2. The minimum atomic E-state index is -4.77. The molecule has 0 aliphatic heterocycles. The number of hydrogen-bond acceptors (Lipinski definition) is 4. The maximum absolute atomic E-state index is 12.2. The van der Waals surface area contributed by atoms with Crippen LogP contribution in [0.1, 0.15) is 17.7 Å². The zero-order valence-corrected chi connectivity index (χ0v) is 14.0. The zero-order valence-electron chi connectivity index (χ0n) is 13.1. The average molecular weight is 376 g/mol. The molecule has 0 saturated carbocycles. The second-order valence-electron chi connectivity index (χ2n) is 5.77. The van der Waals surface area contributed by atoms with Crippen LogP contribution in [0.4, 0.5) is 13.2 Å². The molecule has 0 spiro atoms. The van der Waals surface area contributed by atoms with Gasteiger partial charge in [-0.2, -0.15) is 13.2 Å². The number of alkyl halides is 3. The van der Waals surface area contributed by atoms with Crippen LogP contribution in [0.5, 0.6) is 0 Å². The lowest BCUT2D eigenvalue weighted by molar-refractivity contribution is -0.106. The molecule has 0 aliphatic carbocycles. The van der Waals surface area contributed by atoms with Gasteiger partial charge in [0.2, 0.25) is 10.0 Å². The zero-order chi connectivity index (χ0) is 18.4. The fraction of sp³-hybridized carbons (Fsp3) is 0.429. The van der Waals surface area contributed by atoms with Gasteiger partial charge in [-0.3, -0.25) is 9.20 Å². The molecule has 0 bridgehead atoms. The molecule has 25 heavy (non-hydrogen) atoms. The summed E-state index contributed by atoms with van der Waals surface area (Å²) in [6.45, 7) is 1.60. The number of hydrogen-bond donors (Lipinski definition) is 2. The lowest BCUT2D eigenvalue weighted by Crippen LogP contribution is -2.34. The monoisotopic (exact) mass is 376 g/mol. The number of imidazole rings is 2. The maximum Gasteiger partial charge on any atom is 0.404 e. The summed E-state index contributed by atoms with van der Waals surface area (Å²) in [6, 6.07) is 3.47. The summed E-state index contributed by atoms with van der Waals surface area (Å²) in [6.07, 6.45) is -4.07. The summed E-state index contributed by atoms with van der Waals surface area (Å²) in [7, 11) is -4.39. The maximum atomic E-state index is 12.2. The molecular formula is C14H15F3N4O3S. The van der Waals surface area contributed by atoms with Gasteiger partial charge in [0.1, 0.15) is 16.8 Å². The molecule has 0 amide bonds. The average Bonchev–Trinajstić information content (AvgIpc) is 2.97. The topological polar surface area (TPSA) is 96.3 Å². The Balaban J connectivity index is 1.71. The predicted molar refractivity (Wildman–Crippen MR) is 85.4 cm³/mol. The van der Waals surface area contributed by atoms with Crippen LogP contribution in [0.2, 0.25) is 0 Å². The number of aryl methyl sites for hydroxylation is 2. The van der Waals surface area contributed by atoms with Crippen molar-refractivity contribution in [3.05, 3.63) is 33.7 Å². The Labute approximate surface area is 140 Å². The largest absolute Gasteiger partial charge is 0.404 e. The molecule has 0 fully saturated rings. The third-order valence-electron chi connectivity index (χ3n) is 3.78. The smallest absolute Gasteiger partial charge is 0.306 e. The van der Waals surface area contributed by atoms with Gasteiger partial charge in [0.25, 0.3) is 5.56 Å². The highest BCUT2D eigenvalue weighted by atomic mass is 32.2. The highest BCUT2D eigenvalue weighted by Gasteiger charge is 2.34. The molecule has 0 atom stereocenters. The number of aromatic nitrogens is 3. The SMILES string of the molecule is Cc1nc2c(CCCNS(=O)(=O)CC(F)(F)F)ccc3[nH]c(=O)c1n32. The predicted octanol–water partition coefficient (Wildman–Crippen LogP) is 1.34. The van der Waals surface area contributed by atoms with Crippen LogP contribution < -0.4 is 10.3 Å². The molecule has 0 aromatic carbocycles. The van der Waals surface area contributed by atoms with E-state index >= 15 is 0 Å². The van der Waals surface area contributed by atoms with Crippen molar-refractivity contribution in [1.82, 2.24) is 19.1 Å². The van der Waals surface area contributed by atoms with Crippen LogP contribution in [0.15, 0.2) is 16.9 Å². The van der Waals surface area contributed by atoms with E-state index in [1.807, 2.05) is 4.72 Å². The first-order valence-corrected chi connectivity index (χ1v) is 9.09. The molecule has 136 valence electrons. The third-order valence-corrected chi connectivity index (χ3v) is 5.13. The van der Waals surface area contributed by atoms with E-state index in [0.29, 0.717) is 35.3 Å². The summed E-state index contributed by atoms with van der Waals surface area (Å²) in [4.78, 5) is 19.0. The van der Waals surface area contributed by atoms with Gasteiger partial charge in [-0.1, -0.05) is 6.07 Å². The van der Waals surface area contributed by atoms with Crippen molar-refractivity contribution in [2.75, 3.05) is 12.3 Å². The van der Waals surface area contributed by atoms with Crippen LogP contribution in [-0.4, -0.2) is 41.3 Å². The second kappa shape index (κ2) is 5.99. The van der Waals surface area contributed by atoms with E-state index in [0.717, 1.165) is 5.56 Å². The fourth-order valence-electron chi connectivity index (χ4n) is 2.82. The number of rotatable bonds is 6. The van der Waals surface area contributed by atoms with Crippen LogP contribution in [0, 0.1) is 6.92 Å².